The molecule has 0 bridgehead atoms. The minimum Gasteiger partial charge on any atom is -0.479 e. The Bertz CT molecular complexity index is 1840. The molecule has 1 unspecified atom stereocenters. The lowest BCUT2D eigenvalue weighted by Gasteiger charge is -2.28. The third kappa shape index (κ3) is 5.69. The van der Waals surface area contributed by atoms with Gasteiger partial charge in [0.2, 0.25) is 0 Å². The molecule has 2 aromatic heterocycles. The Kier molecular flexibility index (Phi) is 7.84. The fourth-order valence-corrected chi connectivity index (χ4v) is 7.48. The lowest BCUT2D eigenvalue weighted by atomic mass is 9.91. The molecule has 224 valence electrons. The van der Waals surface area contributed by atoms with E-state index in [1.165, 1.54) is 5.39 Å². The molecule has 1 aliphatic heterocycles. The Balaban J connectivity index is 1.54. The van der Waals surface area contributed by atoms with E-state index in [0.29, 0.717) is 16.5 Å². The van der Waals surface area contributed by atoms with Gasteiger partial charge in [-0.15, -0.1) is 11.3 Å². The number of aromatic nitrogens is 3. The minimum atomic E-state index is -1.15. The first kappa shape index (κ1) is 29.8. The summed E-state index contributed by atoms with van der Waals surface area (Å²) in [6.45, 7) is 12.9. The topological polar surface area (TPSA) is 80.5 Å². The van der Waals surface area contributed by atoms with Crippen LogP contribution in [-0.2, 0) is 16.6 Å². The average molecular weight is 617 g/mol. The number of likely N-dealkylation sites (tertiary alicyclic amines) is 1. The molecule has 1 saturated heterocycles. The number of ether oxygens (including phenoxy) is 1. The van der Waals surface area contributed by atoms with Crippen molar-refractivity contribution < 1.29 is 14.6 Å². The maximum Gasteiger partial charge on any atom is 0.337 e. The van der Waals surface area contributed by atoms with E-state index in [4.69, 9.17) is 26.4 Å². The van der Waals surface area contributed by atoms with Gasteiger partial charge in [0.25, 0.3) is 0 Å². The zero-order valence-electron chi connectivity index (χ0n) is 25.4. The average Bonchev–Trinajstić information content (AvgIpc) is 3.68. The predicted octanol–water partition coefficient (Wildman–Crippen LogP) is 8.23. The quantitative estimate of drug-likeness (QED) is 0.198. The normalized spacial score (nSPS) is 16.9. The number of aryl methyl sites for hydroxylation is 2. The molecule has 0 amide bonds. The molecule has 0 aliphatic carbocycles. The molecule has 0 radical (unpaired) electrons. The van der Waals surface area contributed by atoms with Crippen molar-refractivity contribution in [2.45, 2.75) is 58.7 Å². The molecule has 1 aliphatic rings. The molecule has 43 heavy (non-hydrogen) atoms. The number of carbonyl (C=O) groups is 1. The summed E-state index contributed by atoms with van der Waals surface area (Å²) in [5.74, 6) is -0.618. The van der Waals surface area contributed by atoms with Crippen LogP contribution < -0.4 is 0 Å². The first-order valence-corrected chi connectivity index (χ1v) is 15.9. The zero-order chi connectivity index (χ0) is 30.6. The van der Waals surface area contributed by atoms with Crippen molar-refractivity contribution in [2.75, 3.05) is 19.6 Å². The van der Waals surface area contributed by atoms with E-state index in [1.54, 1.807) is 11.3 Å². The molecular formula is C34H37ClN4O3S. The first-order chi connectivity index (χ1) is 20.4. The lowest BCUT2D eigenvalue weighted by molar-refractivity contribution is -0.160. The second kappa shape index (κ2) is 11.3. The molecule has 0 spiro atoms. The highest BCUT2D eigenvalue weighted by Gasteiger charge is 2.33. The second-order valence-electron chi connectivity index (χ2n) is 12.4. The zero-order valence-corrected chi connectivity index (χ0v) is 27.0. The number of rotatable bonds is 7. The van der Waals surface area contributed by atoms with Gasteiger partial charge in [0.05, 0.1) is 27.0 Å². The Hall–Kier alpha value is -3.30. The number of fused-ring (bicyclic) bond motifs is 2. The first-order valence-electron chi connectivity index (χ1n) is 14.7. The maximum atomic E-state index is 12.7. The monoisotopic (exact) mass is 616 g/mol. The number of benzene rings is 3. The van der Waals surface area contributed by atoms with Crippen LogP contribution in [0.25, 0.3) is 42.8 Å². The molecule has 0 saturated carbocycles. The standard InChI is InChI=1S/C34H37ClN4O3S/c1-7-39-15-14-22(18-39)29-24-17-21(10-13-26(24)38(6)37-29)32-36-25-16-19(2)27(30(33(40)41)42-34(3,4)5)28(31(25)43-32)20-8-11-23(35)12-9-20/h8-13,16-17,22,30H,7,14-15,18H2,1-6H3,(H,40,41)/t22?,30-/m0/s1. The second-order valence-corrected chi connectivity index (χ2v) is 13.9. The van der Waals surface area contributed by atoms with E-state index in [9.17, 15) is 9.90 Å². The Labute approximate surface area is 261 Å². The molecule has 2 atom stereocenters. The number of likely N-dealkylation sites (N-methyl/N-ethyl adjacent to an activating group) is 1. The lowest BCUT2D eigenvalue weighted by Crippen LogP contribution is -2.28. The highest BCUT2D eigenvalue weighted by atomic mass is 35.5. The molecule has 1 fully saturated rings. The van der Waals surface area contributed by atoms with E-state index in [0.717, 1.165) is 74.7 Å². The van der Waals surface area contributed by atoms with E-state index in [1.807, 2.05) is 69.8 Å². The number of halogens is 1. The van der Waals surface area contributed by atoms with Crippen molar-refractivity contribution in [3.8, 4) is 21.7 Å². The molecular weight excluding hydrogens is 580 g/mol. The van der Waals surface area contributed by atoms with Crippen molar-refractivity contribution in [3.63, 3.8) is 0 Å². The van der Waals surface area contributed by atoms with E-state index in [-0.39, 0.29) is 0 Å². The van der Waals surface area contributed by atoms with Crippen molar-refractivity contribution >= 4 is 50.0 Å². The van der Waals surface area contributed by atoms with Gasteiger partial charge in [0, 0.05) is 46.6 Å². The van der Waals surface area contributed by atoms with Crippen LogP contribution in [0.3, 0.4) is 0 Å². The summed E-state index contributed by atoms with van der Waals surface area (Å²) >= 11 is 7.84. The van der Waals surface area contributed by atoms with Gasteiger partial charge in [-0.25, -0.2) is 9.78 Å². The third-order valence-electron chi connectivity index (χ3n) is 8.25. The molecule has 7 nitrogen and oxygen atoms in total. The van der Waals surface area contributed by atoms with Crippen molar-refractivity contribution in [1.29, 1.82) is 0 Å². The fraction of sp³-hybridized carbons (Fsp3) is 0.382. The van der Waals surface area contributed by atoms with Crippen LogP contribution in [0, 0.1) is 6.92 Å². The van der Waals surface area contributed by atoms with Crippen molar-refractivity contribution in [2.24, 2.45) is 7.05 Å². The summed E-state index contributed by atoms with van der Waals surface area (Å²) in [6.07, 6.45) is -0.0387. The van der Waals surface area contributed by atoms with Gasteiger partial charge >= 0.3 is 5.97 Å². The summed E-state index contributed by atoms with van der Waals surface area (Å²) in [5, 5.41) is 18.0. The number of carboxylic acid groups (broad SMARTS) is 1. The largest absolute Gasteiger partial charge is 0.479 e. The van der Waals surface area contributed by atoms with Crippen LogP contribution in [0.5, 0.6) is 0 Å². The van der Waals surface area contributed by atoms with Gasteiger partial charge in [-0.2, -0.15) is 5.10 Å². The van der Waals surface area contributed by atoms with Crippen LogP contribution in [0.2, 0.25) is 5.02 Å². The van der Waals surface area contributed by atoms with Gasteiger partial charge < -0.3 is 14.7 Å². The fourth-order valence-electron chi connectivity index (χ4n) is 6.23. The number of nitrogens with zero attached hydrogens (tertiary/aromatic N) is 4. The van der Waals surface area contributed by atoms with E-state index in [2.05, 4.69) is 30.0 Å². The Morgan fingerprint density at radius 2 is 1.88 bits per heavy atom. The minimum absolute atomic E-state index is 0.409. The van der Waals surface area contributed by atoms with Crippen LogP contribution >= 0.6 is 22.9 Å². The van der Waals surface area contributed by atoms with Gasteiger partial charge in [-0.1, -0.05) is 30.7 Å². The Morgan fingerprint density at radius 1 is 1.16 bits per heavy atom. The number of carboxylic acids is 1. The van der Waals surface area contributed by atoms with Crippen LogP contribution in [0.15, 0.2) is 48.5 Å². The third-order valence-corrected chi connectivity index (χ3v) is 9.64. The van der Waals surface area contributed by atoms with E-state index < -0.39 is 17.7 Å². The number of hydrogen-bond donors (Lipinski definition) is 1. The number of hydrogen-bond acceptors (Lipinski definition) is 6. The van der Waals surface area contributed by atoms with Crippen molar-refractivity contribution in [1.82, 2.24) is 19.7 Å². The van der Waals surface area contributed by atoms with E-state index >= 15 is 0 Å². The molecule has 1 N–H and O–H groups in total. The van der Waals surface area contributed by atoms with Gasteiger partial charge in [-0.05, 0) is 94.7 Å². The summed E-state index contributed by atoms with van der Waals surface area (Å²) in [7, 11) is 2.01. The maximum absolute atomic E-state index is 12.7. The highest BCUT2D eigenvalue weighted by molar-refractivity contribution is 7.22. The molecule has 3 aromatic carbocycles. The number of thiazole rings is 1. The molecule has 5 aromatic rings. The van der Waals surface area contributed by atoms with Crippen molar-refractivity contribution in [3.05, 3.63) is 70.4 Å². The predicted molar refractivity (Wildman–Crippen MR) is 175 cm³/mol. The summed E-state index contributed by atoms with van der Waals surface area (Å²) in [5.41, 5.74) is 6.60. The SMILES string of the molecule is CCN1CCC(c2nn(C)c3ccc(-c4nc5cc(C)c([C@H](OC(C)(C)C)C(=O)O)c(-c6ccc(Cl)cc6)c5s4)cc23)C1. The Morgan fingerprint density at radius 3 is 2.53 bits per heavy atom. The molecule has 3 heterocycles. The van der Waals surface area contributed by atoms with Crippen LogP contribution in [-0.4, -0.2) is 56.0 Å². The highest BCUT2D eigenvalue weighted by Crippen LogP contribution is 2.45. The number of aliphatic carboxylic acids is 1. The molecule has 6 rings (SSSR count). The van der Waals surface area contributed by atoms with Crippen LogP contribution in [0.4, 0.5) is 0 Å². The summed E-state index contributed by atoms with van der Waals surface area (Å²) < 4.78 is 9.07. The summed E-state index contributed by atoms with van der Waals surface area (Å²) in [6, 6.07) is 16.0. The van der Waals surface area contributed by atoms with Gasteiger partial charge in [0.15, 0.2) is 6.10 Å². The molecule has 9 heteroatoms. The van der Waals surface area contributed by atoms with Gasteiger partial charge in [0.1, 0.15) is 5.01 Å². The van der Waals surface area contributed by atoms with Crippen LogP contribution in [0.1, 0.15) is 63.0 Å². The summed E-state index contributed by atoms with van der Waals surface area (Å²) in [4.78, 5) is 20.3. The smallest absolute Gasteiger partial charge is 0.337 e. The van der Waals surface area contributed by atoms with Gasteiger partial charge in [-0.3, -0.25) is 4.68 Å².